The number of methoxy groups -OCH3 is 1. The van der Waals surface area contributed by atoms with Gasteiger partial charge in [0.25, 0.3) is 0 Å². The van der Waals surface area contributed by atoms with Crippen LogP contribution in [-0.4, -0.2) is 18.4 Å². The number of halogens is 1. The summed E-state index contributed by atoms with van der Waals surface area (Å²) in [5, 5.41) is 1.42. The van der Waals surface area contributed by atoms with Gasteiger partial charge in [0.1, 0.15) is 5.75 Å². The Morgan fingerprint density at radius 1 is 1.47 bits per heavy atom. The SMILES string of the molecule is COc1ccc(Cl)cc1-c1nc(C)sc1C=O. The number of nitrogens with zero attached hydrogens (tertiary/aromatic N) is 1. The van der Waals surface area contributed by atoms with Gasteiger partial charge in [-0.1, -0.05) is 11.6 Å². The Balaban J connectivity index is 2.65. The van der Waals surface area contributed by atoms with Gasteiger partial charge in [0, 0.05) is 10.6 Å². The summed E-state index contributed by atoms with van der Waals surface area (Å²) in [5.74, 6) is 0.655. The summed E-state index contributed by atoms with van der Waals surface area (Å²) < 4.78 is 5.25. The molecule has 0 N–H and O–H groups in total. The highest BCUT2D eigenvalue weighted by molar-refractivity contribution is 7.13. The Morgan fingerprint density at radius 2 is 2.24 bits per heavy atom. The molecule has 0 fully saturated rings. The molecule has 1 aromatic heterocycles. The van der Waals surface area contributed by atoms with Crippen molar-refractivity contribution in [3.05, 3.63) is 33.1 Å². The molecular formula is C12H10ClNO2S. The average Bonchev–Trinajstić information content (AvgIpc) is 2.70. The summed E-state index contributed by atoms with van der Waals surface area (Å²) in [7, 11) is 1.58. The number of hydrogen-bond acceptors (Lipinski definition) is 4. The Bertz CT molecular complexity index is 566. The fraction of sp³-hybridized carbons (Fsp3) is 0.167. The van der Waals surface area contributed by atoms with E-state index in [0.717, 1.165) is 16.9 Å². The first-order valence-electron chi connectivity index (χ1n) is 4.92. The second kappa shape index (κ2) is 4.85. The lowest BCUT2D eigenvalue weighted by molar-refractivity contribution is 0.112. The van der Waals surface area contributed by atoms with E-state index in [1.165, 1.54) is 11.3 Å². The zero-order valence-corrected chi connectivity index (χ0v) is 10.9. The van der Waals surface area contributed by atoms with Crippen molar-refractivity contribution in [3.63, 3.8) is 0 Å². The Labute approximate surface area is 108 Å². The maximum atomic E-state index is 11.0. The average molecular weight is 268 g/mol. The summed E-state index contributed by atoms with van der Waals surface area (Å²) >= 11 is 7.31. The van der Waals surface area contributed by atoms with Crippen LogP contribution in [0.3, 0.4) is 0 Å². The molecule has 0 aliphatic carbocycles. The molecule has 0 atom stereocenters. The lowest BCUT2D eigenvalue weighted by Crippen LogP contribution is -1.90. The van der Waals surface area contributed by atoms with Gasteiger partial charge < -0.3 is 4.74 Å². The monoisotopic (exact) mass is 267 g/mol. The summed E-state index contributed by atoms with van der Waals surface area (Å²) in [6.07, 6.45) is 0.806. The van der Waals surface area contributed by atoms with Crippen LogP contribution in [0.4, 0.5) is 0 Å². The van der Waals surface area contributed by atoms with Crippen LogP contribution < -0.4 is 4.74 Å². The van der Waals surface area contributed by atoms with Crippen molar-refractivity contribution in [1.82, 2.24) is 4.98 Å². The summed E-state index contributed by atoms with van der Waals surface area (Å²) in [6.45, 7) is 1.86. The molecule has 1 aromatic carbocycles. The van der Waals surface area contributed by atoms with Gasteiger partial charge in [-0.25, -0.2) is 4.98 Å². The molecule has 1 heterocycles. The lowest BCUT2D eigenvalue weighted by atomic mass is 10.1. The van der Waals surface area contributed by atoms with Crippen molar-refractivity contribution >= 4 is 29.2 Å². The van der Waals surface area contributed by atoms with Gasteiger partial charge in [0.15, 0.2) is 6.29 Å². The van der Waals surface area contributed by atoms with Gasteiger partial charge in [-0.05, 0) is 25.1 Å². The van der Waals surface area contributed by atoms with Crippen LogP contribution in [0.25, 0.3) is 11.3 Å². The molecule has 0 aliphatic rings. The number of aldehydes is 1. The van der Waals surface area contributed by atoms with E-state index in [0.29, 0.717) is 21.3 Å². The maximum Gasteiger partial charge on any atom is 0.162 e. The fourth-order valence-corrected chi connectivity index (χ4v) is 2.51. The van der Waals surface area contributed by atoms with E-state index in [-0.39, 0.29) is 0 Å². The number of aryl methyl sites for hydroxylation is 1. The van der Waals surface area contributed by atoms with Crippen LogP contribution in [-0.2, 0) is 0 Å². The molecule has 0 unspecified atom stereocenters. The van der Waals surface area contributed by atoms with E-state index in [4.69, 9.17) is 16.3 Å². The van der Waals surface area contributed by atoms with Crippen LogP contribution in [0.1, 0.15) is 14.7 Å². The highest BCUT2D eigenvalue weighted by Gasteiger charge is 2.15. The summed E-state index contributed by atoms with van der Waals surface area (Å²) in [4.78, 5) is 15.9. The van der Waals surface area contributed by atoms with Gasteiger partial charge in [-0.15, -0.1) is 11.3 Å². The molecule has 0 bridgehead atoms. The lowest BCUT2D eigenvalue weighted by Gasteiger charge is -2.07. The number of carbonyl (C=O) groups excluding carboxylic acids is 1. The molecule has 0 saturated carbocycles. The second-order valence-electron chi connectivity index (χ2n) is 3.41. The largest absolute Gasteiger partial charge is 0.496 e. The zero-order chi connectivity index (χ0) is 12.4. The van der Waals surface area contributed by atoms with Gasteiger partial charge in [0.05, 0.1) is 22.7 Å². The maximum absolute atomic E-state index is 11.0. The molecule has 17 heavy (non-hydrogen) atoms. The second-order valence-corrected chi connectivity index (χ2v) is 5.08. The molecule has 0 radical (unpaired) electrons. The standard InChI is InChI=1S/C12H10ClNO2S/c1-7-14-12(11(6-15)17-7)9-5-8(13)3-4-10(9)16-2/h3-6H,1-2H3. The van der Waals surface area contributed by atoms with Crippen molar-refractivity contribution < 1.29 is 9.53 Å². The quantitative estimate of drug-likeness (QED) is 0.798. The van der Waals surface area contributed by atoms with E-state index >= 15 is 0 Å². The predicted molar refractivity (Wildman–Crippen MR) is 69.2 cm³/mol. The first-order chi connectivity index (χ1) is 8.15. The zero-order valence-electron chi connectivity index (χ0n) is 9.36. The van der Waals surface area contributed by atoms with Crippen LogP contribution in [0, 0.1) is 6.92 Å². The van der Waals surface area contributed by atoms with E-state index in [2.05, 4.69) is 4.98 Å². The fourth-order valence-electron chi connectivity index (χ4n) is 1.58. The van der Waals surface area contributed by atoms with Gasteiger partial charge >= 0.3 is 0 Å². The molecule has 3 nitrogen and oxygen atoms in total. The minimum atomic E-state index is 0.586. The van der Waals surface area contributed by atoms with Crippen molar-refractivity contribution in [3.8, 4) is 17.0 Å². The molecule has 0 amide bonds. The van der Waals surface area contributed by atoms with Crippen LogP contribution in [0.15, 0.2) is 18.2 Å². The van der Waals surface area contributed by atoms with Crippen LogP contribution >= 0.6 is 22.9 Å². The van der Waals surface area contributed by atoms with Gasteiger partial charge in [0.2, 0.25) is 0 Å². The highest BCUT2D eigenvalue weighted by Crippen LogP contribution is 2.35. The Kier molecular flexibility index (Phi) is 3.45. The number of ether oxygens (including phenoxy) is 1. The minimum absolute atomic E-state index is 0.586. The number of thiazole rings is 1. The van der Waals surface area contributed by atoms with Crippen LogP contribution in [0.2, 0.25) is 5.02 Å². The molecule has 0 saturated heterocycles. The number of carbonyl (C=O) groups is 1. The van der Waals surface area contributed by atoms with Gasteiger partial charge in [-0.3, -0.25) is 4.79 Å². The first kappa shape index (κ1) is 12.1. The predicted octanol–water partition coefficient (Wildman–Crippen LogP) is 3.59. The normalized spacial score (nSPS) is 10.3. The third-order valence-corrected chi connectivity index (χ3v) is 3.42. The molecule has 5 heteroatoms. The third kappa shape index (κ3) is 2.33. The number of benzene rings is 1. The van der Waals surface area contributed by atoms with E-state index in [1.807, 2.05) is 6.92 Å². The molecular weight excluding hydrogens is 258 g/mol. The molecule has 88 valence electrons. The molecule has 2 aromatic rings. The van der Waals surface area contributed by atoms with E-state index < -0.39 is 0 Å². The Hall–Kier alpha value is -1.39. The van der Waals surface area contributed by atoms with Crippen molar-refractivity contribution in [2.75, 3.05) is 7.11 Å². The third-order valence-electron chi connectivity index (χ3n) is 2.28. The molecule has 0 spiro atoms. The number of aromatic nitrogens is 1. The minimum Gasteiger partial charge on any atom is -0.496 e. The van der Waals surface area contributed by atoms with Crippen molar-refractivity contribution in [2.24, 2.45) is 0 Å². The first-order valence-corrected chi connectivity index (χ1v) is 6.11. The van der Waals surface area contributed by atoms with Crippen molar-refractivity contribution in [1.29, 1.82) is 0 Å². The smallest absolute Gasteiger partial charge is 0.162 e. The van der Waals surface area contributed by atoms with Crippen LogP contribution in [0.5, 0.6) is 5.75 Å². The summed E-state index contributed by atoms with van der Waals surface area (Å²) in [6, 6.07) is 5.26. The van der Waals surface area contributed by atoms with E-state index in [9.17, 15) is 4.79 Å². The Morgan fingerprint density at radius 3 is 2.88 bits per heavy atom. The summed E-state index contributed by atoms with van der Waals surface area (Å²) in [5.41, 5.74) is 1.37. The number of rotatable bonds is 3. The van der Waals surface area contributed by atoms with Crippen molar-refractivity contribution in [2.45, 2.75) is 6.92 Å². The topological polar surface area (TPSA) is 39.2 Å². The van der Waals surface area contributed by atoms with Gasteiger partial charge in [-0.2, -0.15) is 0 Å². The molecule has 0 aliphatic heterocycles. The number of hydrogen-bond donors (Lipinski definition) is 0. The highest BCUT2D eigenvalue weighted by atomic mass is 35.5. The molecule has 2 rings (SSSR count). The van der Waals surface area contributed by atoms with E-state index in [1.54, 1.807) is 25.3 Å².